The van der Waals surface area contributed by atoms with E-state index in [-0.39, 0.29) is 6.54 Å². The van der Waals surface area contributed by atoms with E-state index in [1.807, 2.05) is 28.5 Å². The Labute approximate surface area is 121 Å². The van der Waals surface area contributed by atoms with E-state index in [9.17, 15) is 4.79 Å². The zero-order valence-electron chi connectivity index (χ0n) is 10.3. The minimum Gasteiger partial charge on any atom is -0.480 e. The van der Waals surface area contributed by atoms with E-state index in [2.05, 4.69) is 6.07 Å². The van der Waals surface area contributed by atoms with Gasteiger partial charge in [0.1, 0.15) is 6.54 Å². The molecule has 2 aromatic rings. The van der Waals surface area contributed by atoms with E-state index < -0.39 is 5.97 Å². The predicted octanol–water partition coefficient (Wildman–Crippen LogP) is 3.54. The zero-order chi connectivity index (χ0) is 13.7. The Bertz CT molecular complexity index is 542. The molecule has 0 unspecified atom stereocenters. The number of thiophene rings is 1. The Hall–Kier alpha value is -1.52. The van der Waals surface area contributed by atoms with Crippen molar-refractivity contribution in [3.8, 4) is 0 Å². The number of carbonyl (C=O) groups is 1. The number of hydrogen-bond donors (Lipinski definition) is 1. The first-order valence-electron chi connectivity index (χ1n) is 5.90. The monoisotopic (exact) mass is 295 g/mol. The smallest absolute Gasteiger partial charge is 0.323 e. The standard InChI is InChI=1S/C14H14ClNO2S/c15-11-3-1-4-12(9-11)16(10-14(17)18)7-6-13-5-2-8-19-13/h1-5,8-9H,6-7,10H2,(H,17,18). The fraction of sp³-hybridized carbons (Fsp3) is 0.214. The quantitative estimate of drug-likeness (QED) is 0.886. The minimum absolute atomic E-state index is 0.0221. The molecule has 0 spiro atoms. The van der Waals surface area contributed by atoms with Gasteiger partial charge in [0.25, 0.3) is 0 Å². The average molecular weight is 296 g/mol. The van der Waals surface area contributed by atoms with Crippen molar-refractivity contribution in [3.63, 3.8) is 0 Å². The fourth-order valence-corrected chi connectivity index (χ4v) is 2.72. The lowest BCUT2D eigenvalue weighted by atomic mass is 10.2. The Balaban J connectivity index is 2.09. The summed E-state index contributed by atoms with van der Waals surface area (Å²) >= 11 is 7.64. The topological polar surface area (TPSA) is 40.5 Å². The number of nitrogens with zero attached hydrogens (tertiary/aromatic N) is 1. The summed E-state index contributed by atoms with van der Waals surface area (Å²) in [5.74, 6) is -0.842. The van der Waals surface area contributed by atoms with Crippen molar-refractivity contribution in [1.29, 1.82) is 0 Å². The SMILES string of the molecule is O=C(O)CN(CCc1cccs1)c1cccc(Cl)c1. The highest BCUT2D eigenvalue weighted by Gasteiger charge is 2.11. The highest BCUT2D eigenvalue weighted by atomic mass is 35.5. The van der Waals surface area contributed by atoms with Gasteiger partial charge in [-0.25, -0.2) is 0 Å². The second-order valence-electron chi connectivity index (χ2n) is 4.12. The van der Waals surface area contributed by atoms with Crippen LogP contribution < -0.4 is 4.90 Å². The number of carboxylic acids is 1. The number of benzene rings is 1. The second kappa shape index (κ2) is 6.59. The summed E-state index contributed by atoms with van der Waals surface area (Å²) in [6.45, 7) is 0.638. The Morgan fingerprint density at radius 2 is 2.16 bits per heavy atom. The largest absolute Gasteiger partial charge is 0.480 e. The maximum atomic E-state index is 11.0. The lowest BCUT2D eigenvalue weighted by molar-refractivity contribution is -0.135. The summed E-state index contributed by atoms with van der Waals surface area (Å²) in [6, 6.07) is 11.3. The molecule has 0 radical (unpaired) electrons. The molecule has 0 aliphatic rings. The Morgan fingerprint density at radius 1 is 1.32 bits per heavy atom. The van der Waals surface area contributed by atoms with Crippen LogP contribution in [0.25, 0.3) is 0 Å². The van der Waals surface area contributed by atoms with Crippen molar-refractivity contribution in [2.75, 3.05) is 18.0 Å². The first-order chi connectivity index (χ1) is 9.15. The van der Waals surface area contributed by atoms with Gasteiger partial charge < -0.3 is 10.0 Å². The molecule has 1 aromatic carbocycles. The van der Waals surface area contributed by atoms with Crippen LogP contribution in [0.1, 0.15) is 4.88 Å². The number of carboxylic acid groups (broad SMARTS) is 1. The molecule has 0 amide bonds. The van der Waals surface area contributed by atoms with E-state index >= 15 is 0 Å². The van der Waals surface area contributed by atoms with Gasteiger partial charge in [-0.2, -0.15) is 0 Å². The average Bonchev–Trinajstić information content (AvgIpc) is 2.87. The van der Waals surface area contributed by atoms with Crippen molar-refractivity contribution in [1.82, 2.24) is 0 Å². The fourth-order valence-electron chi connectivity index (χ4n) is 1.84. The summed E-state index contributed by atoms with van der Waals surface area (Å²) in [5, 5.41) is 11.6. The predicted molar refractivity (Wildman–Crippen MR) is 79.3 cm³/mol. The first kappa shape index (κ1) is 13.9. The van der Waals surface area contributed by atoms with Gasteiger partial charge in [0.2, 0.25) is 0 Å². The van der Waals surface area contributed by atoms with Crippen LogP contribution in [-0.4, -0.2) is 24.2 Å². The lowest BCUT2D eigenvalue weighted by Crippen LogP contribution is -2.31. The third-order valence-electron chi connectivity index (χ3n) is 2.71. The summed E-state index contributed by atoms with van der Waals surface area (Å²) < 4.78 is 0. The summed E-state index contributed by atoms with van der Waals surface area (Å²) in [5.41, 5.74) is 0.839. The van der Waals surface area contributed by atoms with Crippen LogP contribution in [0.15, 0.2) is 41.8 Å². The Morgan fingerprint density at radius 3 is 2.79 bits per heavy atom. The third-order valence-corrected chi connectivity index (χ3v) is 3.88. The Kier molecular flexibility index (Phi) is 4.82. The molecule has 19 heavy (non-hydrogen) atoms. The van der Waals surface area contributed by atoms with E-state index in [0.29, 0.717) is 11.6 Å². The molecule has 0 aliphatic heterocycles. The molecule has 0 atom stereocenters. The molecule has 5 heteroatoms. The normalized spacial score (nSPS) is 10.4. The summed E-state index contributed by atoms with van der Waals surface area (Å²) in [7, 11) is 0. The maximum Gasteiger partial charge on any atom is 0.323 e. The molecular formula is C14H14ClNO2S. The molecule has 0 saturated heterocycles. The van der Waals surface area contributed by atoms with Gasteiger partial charge in [-0.1, -0.05) is 23.7 Å². The molecule has 1 N–H and O–H groups in total. The summed E-state index contributed by atoms with van der Waals surface area (Å²) in [4.78, 5) is 14.0. The van der Waals surface area contributed by atoms with Crippen LogP contribution in [0, 0.1) is 0 Å². The van der Waals surface area contributed by atoms with Crippen molar-refractivity contribution in [3.05, 3.63) is 51.7 Å². The minimum atomic E-state index is -0.842. The van der Waals surface area contributed by atoms with Crippen LogP contribution >= 0.6 is 22.9 Å². The van der Waals surface area contributed by atoms with Gasteiger partial charge in [0, 0.05) is 22.1 Å². The molecule has 1 aromatic heterocycles. The molecule has 0 bridgehead atoms. The molecule has 1 heterocycles. The van der Waals surface area contributed by atoms with Gasteiger partial charge in [-0.15, -0.1) is 11.3 Å². The van der Waals surface area contributed by atoms with Crippen molar-refractivity contribution in [2.24, 2.45) is 0 Å². The van der Waals surface area contributed by atoms with E-state index in [1.54, 1.807) is 23.5 Å². The highest BCUT2D eigenvalue weighted by molar-refractivity contribution is 7.09. The van der Waals surface area contributed by atoms with Crippen LogP contribution in [-0.2, 0) is 11.2 Å². The maximum absolute atomic E-state index is 11.0. The number of anilines is 1. The van der Waals surface area contributed by atoms with Crippen molar-refractivity contribution < 1.29 is 9.90 Å². The van der Waals surface area contributed by atoms with Gasteiger partial charge in [-0.3, -0.25) is 4.79 Å². The van der Waals surface area contributed by atoms with Gasteiger partial charge >= 0.3 is 5.97 Å². The molecule has 0 fully saturated rings. The van der Waals surface area contributed by atoms with Gasteiger partial charge in [0.05, 0.1) is 0 Å². The molecule has 100 valence electrons. The molecule has 0 saturated carbocycles. The van der Waals surface area contributed by atoms with E-state index in [0.717, 1.165) is 12.1 Å². The molecule has 2 rings (SSSR count). The van der Waals surface area contributed by atoms with Crippen LogP contribution in [0.4, 0.5) is 5.69 Å². The second-order valence-corrected chi connectivity index (χ2v) is 5.59. The van der Waals surface area contributed by atoms with Crippen molar-refractivity contribution >= 4 is 34.6 Å². The van der Waals surface area contributed by atoms with E-state index in [1.165, 1.54) is 4.88 Å². The zero-order valence-corrected chi connectivity index (χ0v) is 11.8. The number of hydrogen-bond acceptors (Lipinski definition) is 3. The van der Waals surface area contributed by atoms with Gasteiger partial charge in [-0.05, 0) is 36.1 Å². The van der Waals surface area contributed by atoms with E-state index in [4.69, 9.17) is 16.7 Å². The number of halogens is 1. The van der Waals surface area contributed by atoms with Crippen LogP contribution in [0.5, 0.6) is 0 Å². The van der Waals surface area contributed by atoms with Crippen molar-refractivity contribution in [2.45, 2.75) is 6.42 Å². The lowest BCUT2D eigenvalue weighted by Gasteiger charge is -2.22. The van der Waals surface area contributed by atoms with Gasteiger partial charge in [0.15, 0.2) is 0 Å². The first-order valence-corrected chi connectivity index (χ1v) is 7.15. The number of rotatable bonds is 6. The highest BCUT2D eigenvalue weighted by Crippen LogP contribution is 2.20. The molecular weight excluding hydrogens is 282 g/mol. The third kappa shape index (κ3) is 4.26. The molecule has 0 aliphatic carbocycles. The van der Waals surface area contributed by atoms with Crippen LogP contribution in [0.2, 0.25) is 5.02 Å². The molecule has 3 nitrogen and oxygen atoms in total. The van der Waals surface area contributed by atoms with Crippen LogP contribution in [0.3, 0.4) is 0 Å². The number of aliphatic carboxylic acids is 1. The summed E-state index contributed by atoms with van der Waals surface area (Å²) in [6.07, 6.45) is 0.831.